The summed E-state index contributed by atoms with van der Waals surface area (Å²) in [5, 5.41) is 19.0. The number of anilines is 1. The Morgan fingerprint density at radius 3 is 2.63 bits per heavy atom. The lowest BCUT2D eigenvalue weighted by molar-refractivity contribution is -0.138. The number of ketones is 1. The van der Waals surface area contributed by atoms with Gasteiger partial charge in [-0.1, -0.05) is 72.9 Å². The summed E-state index contributed by atoms with van der Waals surface area (Å²) in [6.07, 6.45) is -0.722. The molecule has 0 saturated carbocycles. The molecule has 0 radical (unpaired) electrons. The largest absolute Gasteiger partial charge is 0.469 e. The molecule has 11 nitrogen and oxygen atoms in total. The van der Waals surface area contributed by atoms with Crippen molar-refractivity contribution in [3.8, 4) is 39.8 Å². The predicted octanol–water partition coefficient (Wildman–Crippen LogP) is 8.61. The van der Waals surface area contributed by atoms with E-state index in [2.05, 4.69) is 15.6 Å². The Bertz CT molecular complexity index is 2640. The molecule has 1 amide bonds. The van der Waals surface area contributed by atoms with Crippen LogP contribution in [-0.2, 0) is 21.4 Å². The molecule has 4 aliphatic rings. The molecule has 3 aromatic heterocycles. The summed E-state index contributed by atoms with van der Waals surface area (Å²) >= 11 is 21.0. The minimum Gasteiger partial charge on any atom is -0.469 e. The van der Waals surface area contributed by atoms with E-state index in [4.69, 9.17) is 58.3 Å². The minimum absolute atomic E-state index is 0.0689. The molecule has 10 bridgehead atoms. The number of benzene rings is 3. The number of fused-ring (bicyclic) bond motifs is 7. The van der Waals surface area contributed by atoms with Gasteiger partial charge in [-0.15, -0.1) is 0 Å². The van der Waals surface area contributed by atoms with Crippen LogP contribution >= 0.6 is 34.8 Å². The standard InChI is InChI=1S/C40H32Cl3N5O6/c1-15(2)28-36-46-30-32(54-36)40-21-11-16(10-17(35(50)45-28)12-25(49)39(3,4)51)8-9-24(21)52-38(40)47-29-20(13-18(41)14-22(29)40)19-6-5-7-23-26(19)27(33(42)44-23)31-34(43)48-37(30)53-31/h5-9,11,13-15,17,28,38,44,47,51H,10,12H2,1-4H3,(H,45,50)/t17-,28+,38?,40?/m1/s1. The normalized spacial score (nSPS) is 21.9. The van der Waals surface area contributed by atoms with Crippen LogP contribution < -0.4 is 15.4 Å². The first-order chi connectivity index (χ1) is 25.7. The maximum atomic E-state index is 14.2. The lowest BCUT2D eigenvalue weighted by Gasteiger charge is -2.29. The number of carbonyl (C=O) groups is 2. The number of Topliss-reactive ketones (excluding diaryl/α,β-unsaturated/α-hetero) is 1. The fourth-order valence-electron chi connectivity index (χ4n) is 8.57. The summed E-state index contributed by atoms with van der Waals surface area (Å²) in [6, 6.07) is 14.7. The molecule has 7 heterocycles. The molecule has 2 unspecified atom stereocenters. The summed E-state index contributed by atoms with van der Waals surface area (Å²) in [5.41, 5.74) is 3.34. The van der Waals surface area contributed by atoms with Crippen molar-refractivity contribution >= 4 is 63.1 Å². The van der Waals surface area contributed by atoms with E-state index in [1.54, 1.807) is 0 Å². The average molecular weight is 785 g/mol. The van der Waals surface area contributed by atoms with E-state index < -0.39 is 35.0 Å². The van der Waals surface area contributed by atoms with Crippen molar-refractivity contribution in [3.63, 3.8) is 0 Å². The lowest BCUT2D eigenvalue weighted by Crippen LogP contribution is -2.41. The molecule has 3 aromatic carbocycles. The topological polar surface area (TPSA) is 156 Å². The van der Waals surface area contributed by atoms with Gasteiger partial charge in [-0.25, -0.2) is 4.98 Å². The van der Waals surface area contributed by atoms with Gasteiger partial charge in [0, 0.05) is 50.6 Å². The third-order valence-corrected chi connectivity index (χ3v) is 12.0. The maximum Gasteiger partial charge on any atom is 0.250 e. The average Bonchev–Trinajstić information content (AvgIpc) is 3.91. The van der Waals surface area contributed by atoms with Gasteiger partial charge in [0.15, 0.2) is 34.4 Å². The Balaban J connectivity index is 1.33. The minimum atomic E-state index is -1.62. The van der Waals surface area contributed by atoms with Gasteiger partial charge in [-0.3, -0.25) is 9.59 Å². The summed E-state index contributed by atoms with van der Waals surface area (Å²) in [7, 11) is 0. The molecule has 1 spiro atoms. The Morgan fingerprint density at radius 1 is 1.04 bits per heavy atom. The molecule has 54 heavy (non-hydrogen) atoms. The number of carbonyl (C=O) groups excluding carboxylic acids is 2. The van der Waals surface area contributed by atoms with Gasteiger partial charge in [0.2, 0.25) is 11.8 Å². The molecule has 0 fully saturated rings. The first kappa shape index (κ1) is 33.7. The van der Waals surface area contributed by atoms with Crippen LogP contribution in [0.4, 0.5) is 5.69 Å². The molecule has 0 aliphatic carbocycles. The van der Waals surface area contributed by atoms with Gasteiger partial charge in [0.1, 0.15) is 28.0 Å². The number of aromatic nitrogens is 3. The molecular formula is C40H32Cl3N5O6. The van der Waals surface area contributed by atoms with Crippen LogP contribution in [-0.4, -0.2) is 43.6 Å². The molecule has 4 N–H and O–H groups in total. The number of aliphatic hydroxyl groups is 1. The molecule has 6 aromatic rings. The van der Waals surface area contributed by atoms with E-state index in [1.807, 2.05) is 62.4 Å². The highest BCUT2D eigenvalue weighted by atomic mass is 35.5. The zero-order valence-electron chi connectivity index (χ0n) is 29.4. The number of hydrogen-bond donors (Lipinski definition) is 4. The first-order valence-electron chi connectivity index (χ1n) is 17.7. The van der Waals surface area contributed by atoms with Gasteiger partial charge >= 0.3 is 0 Å². The van der Waals surface area contributed by atoms with Gasteiger partial charge in [0.25, 0.3) is 5.89 Å². The van der Waals surface area contributed by atoms with Gasteiger partial charge in [-0.05, 0) is 61.6 Å². The Hall–Kier alpha value is -4.81. The van der Waals surface area contributed by atoms with Crippen LogP contribution in [0.2, 0.25) is 15.3 Å². The van der Waals surface area contributed by atoms with Crippen LogP contribution in [0, 0.1) is 11.8 Å². The van der Waals surface area contributed by atoms with Gasteiger partial charge in [0.05, 0.1) is 5.56 Å². The SMILES string of the molecule is CC(C)[C@@H]1NC(=O)[C@@H](CC(=O)C(C)(C)O)Cc2ccc3c(c2)C24c5cc(Cl)cc(c5NC2O3)-c2cccc3[nH]c(Cl)c(c23)-c2oc(nc2Cl)-c2nc1oc24. The van der Waals surface area contributed by atoms with E-state index in [0.717, 1.165) is 44.4 Å². The van der Waals surface area contributed by atoms with Crippen LogP contribution in [0.25, 0.3) is 44.9 Å². The van der Waals surface area contributed by atoms with Crippen LogP contribution in [0.15, 0.2) is 57.4 Å². The van der Waals surface area contributed by atoms with Crippen LogP contribution in [0.3, 0.4) is 0 Å². The number of nitrogens with zero attached hydrogens (tertiary/aromatic N) is 2. The number of ether oxygens (including phenoxy) is 1. The zero-order valence-corrected chi connectivity index (χ0v) is 31.6. The zero-order chi connectivity index (χ0) is 37.6. The third-order valence-electron chi connectivity index (χ3n) is 11.2. The maximum absolute atomic E-state index is 14.2. The molecule has 10 rings (SSSR count). The van der Waals surface area contributed by atoms with Crippen LogP contribution in [0.1, 0.15) is 68.5 Å². The Morgan fingerprint density at radius 2 is 1.85 bits per heavy atom. The number of rotatable bonds is 4. The number of halogens is 3. The summed E-state index contributed by atoms with van der Waals surface area (Å²) in [6.45, 7) is 6.74. The molecule has 4 aliphatic heterocycles. The molecule has 4 atom stereocenters. The second-order valence-corrected chi connectivity index (χ2v) is 16.6. The van der Waals surface area contributed by atoms with E-state index in [0.29, 0.717) is 27.2 Å². The number of hydrogen-bond acceptors (Lipinski definition) is 9. The van der Waals surface area contributed by atoms with Gasteiger partial charge < -0.3 is 34.3 Å². The van der Waals surface area contributed by atoms with Crippen molar-refractivity contribution < 1.29 is 28.3 Å². The monoisotopic (exact) mass is 783 g/mol. The molecular weight excluding hydrogens is 753 g/mol. The number of amides is 1. The van der Waals surface area contributed by atoms with Crippen molar-refractivity contribution in [1.29, 1.82) is 0 Å². The predicted molar refractivity (Wildman–Crippen MR) is 203 cm³/mol. The Labute approximate surface area is 323 Å². The van der Waals surface area contributed by atoms with Crippen molar-refractivity contribution in [1.82, 2.24) is 20.3 Å². The second-order valence-electron chi connectivity index (χ2n) is 15.4. The highest BCUT2D eigenvalue weighted by Crippen LogP contribution is 2.62. The van der Waals surface area contributed by atoms with E-state index in [1.165, 1.54) is 13.8 Å². The van der Waals surface area contributed by atoms with Crippen molar-refractivity contribution in [2.24, 2.45) is 11.8 Å². The first-order valence-corrected chi connectivity index (χ1v) is 18.8. The lowest BCUT2D eigenvalue weighted by atomic mass is 9.72. The molecule has 274 valence electrons. The molecule has 14 heteroatoms. The van der Waals surface area contributed by atoms with Crippen molar-refractivity contribution in [2.75, 3.05) is 5.32 Å². The van der Waals surface area contributed by atoms with E-state index in [9.17, 15) is 14.7 Å². The quantitative estimate of drug-likeness (QED) is 0.138. The number of nitrogens with one attached hydrogen (secondary N) is 3. The van der Waals surface area contributed by atoms with Crippen molar-refractivity contribution in [2.45, 2.75) is 63.8 Å². The van der Waals surface area contributed by atoms with Crippen LogP contribution in [0.5, 0.6) is 5.75 Å². The third kappa shape index (κ3) is 4.58. The fraction of sp³-hybridized carbons (Fsp3) is 0.300. The number of oxazole rings is 2. The van der Waals surface area contributed by atoms with Gasteiger partial charge in [-0.2, -0.15) is 4.98 Å². The molecule has 0 saturated heterocycles. The Kier molecular flexibility index (Phi) is 7.10. The second kappa shape index (κ2) is 11.4. The smallest absolute Gasteiger partial charge is 0.250 e. The summed E-state index contributed by atoms with van der Waals surface area (Å²) < 4.78 is 20.4. The van der Waals surface area contributed by atoms with E-state index >= 15 is 0 Å². The number of H-pyrrole nitrogens is 1. The fourth-order valence-corrected chi connectivity index (χ4v) is 9.28. The number of aromatic amines is 1. The highest BCUT2D eigenvalue weighted by Gasteiger charge is 2.62. The van der Waals surface area contributed by atoms with Crippen molar-refractivity contribution in [3.05, 3.63) is 92.2 Å². The summed E-state index contributed by atoms with van der Waals surface area (Å²) in [4.78, 5) is 40.5. The summed E-state index contributed by atoms with van der Waals surface area (Å²) in [5.74, 6) is -0.406. The van der Waals surface area contributed by atoms with E-state index in [-0.39, 0.29) is 53.1 Å². The highest BCUT2D eigenvalue weighted by molar-refractivity contribution is 6.38.